The number of aromatic nitrogens is 1. The van der Waals surface area contributed by atoms with Gasteiger partial charge in [-0.15, -0.1) is 0 Å². The lowest BCUT2D eigenvalue weighted by atomic mass is 10.2. The highest BCUT2D eigenvalue weighted by atomic mass is 32.2. The van der Waals surface area contributed by atoms with Crippen LogP contribution in [0.4, 0.5) is 0 Å². The molecule has 5 heteroatoms. The van der Waals surface area contributed by atoms with Gasteiger partial charge in [-0.3, -0.25) is 10.4 Å². The molecule has 0 saturated heterocycles. The van der Waals surface area contributed by atoms with Crippen LogP contribution in [-0.2, 0) is 5.75 Å². The third kappa shape index (κ3) is 5.65. The number of hydrogen-bond acceptors (Lipinski definition) is 4. The molecule has 0 aliphatic carbocycles. The van der Waals surface area contributed by atoms with Crippen molar-refractivity contribution in [2.24, 2.45) is 5.10 Å². The summed E-state index contributed by atoms with van der Waals surface area (Å²) in [5, 5.41) is 4.11. The van der Waals surface area contributed by atoms with Crippen molar-refractivity contribution in [2.45, 2.75) is 19.6 Å². The maximum Gasteiger partial charge on any atom is 0.154 e. The van der Waals surface area contributed by atoms with E-state index in [4.69, 9.17) is 12.2 Å². The van der Waals surface area contributed by atoms with E-state index in [1.807, 2.05) is 25.1 Å². The number of aryl methyl sites for hydroxylation is 2. The lowest BCUT2D eigenvalue weighted by molar-refractivity contribution is 1.06. The van der Waals surface area contributed by atoms with Gasteiger partial charge < -0.3 is 0 Å². The lowest BCUT2D eigenvalue weighted by Gasteiger charge is -2.03. The Labute approximate surface area is 134 Å². The Kier molecular flexibility index (Phi) is 5.90. The van der Waals surface area contributed by atoms with Gasteiger partial charge in [0.2, 0.25) is 0 Å². The Balaban J connectivity index is 1.80. The molecule has 0 unspecified atom stereocenters. The third-order valence-electron chi connectivity index (χ3n) is 2.71. The highest BCUT2D eigenvalue weighted by Crippen LogP contribution is 2.14. The quantitative estimate of drug-likeness (QED) is 0.528. The van der Waals surface area contributed by atoms with Crippen molar-refractivity contribution in [2.75, 3.05) is 0 Å². The van der Waals surface area contributed by atoms with Gasteiger partial charge in [0.1, 0.15) is 0 Å². The molecule has 1 heterocycles. The van der Waals surface area contributed by atoms with E-state index in [9.17, 15) is 0 Å². The molecule has 1 aromatic heterocycles. The second-order valence-electron chi connectivity index (χ2n) is 4.64. The van der Waals surface area contributed by atoms with E-state index in [2.05, 4.69) is 46.7 Å². The zero-order valence-corrected chi connectivity index (χ0v) is 13.7. The third-order valence-corrected chi connectivity index (χ3v) is 3.99. The van der Waals surface area contributed by atoms with Crippen molar-refractivity contribution in [3.63, 3.8) is 0 Å². The molecule has 0 radical (unpaired) electrons. The summed E-state index contributed by atoms with van der Waals surface area (Å²) in [4.78, 5) is 4.33. The van der Waals surface area contributed by atoms with Gasteiger partial charge in [0.05, 0.1) is 11.9 Å². The van der Waals surface area contributed by atoms with Crippen LogP contribution in [0, 0.1) is 13.8 Å². The summed E-state index contributed by atoms with van der Waals surface area (Å²) in [5.74, 6) is 0.839. The summed E-state index contributed by atoms with van der Waals surface area (Å²) in [6.45, 7) is 4.04. The molecule has 108 valence electrons. The highest BCUT2D eigenvalue weighted by Gasteiger charge is 1.98. The molecule has 21 heavy (non-hydrogen) atoms. The van der Waals surface area contributed by atoms with E-state index in [1.54, 1.807) is 18.0 Å². The second kappa shape index (κ2) is 7.90. The van der Waals surface area contributed by atoms with Crippen molar-refractivity contribution in [3.8, 4) is 0 Å². The first kappa shape index (κ1) is 15.7. The first-order valence-corrected chi connectivity index (χ1v) is 7.98. The van der Waals surface area contributed by atoms with Crippen LogP contribution in [0.5, 0.6) is 0 Å². The van der Waals surface area contributed by atoms with Crippen molar-refractivity contribution in [3.05, 3.63) is 65.0 Å². The fourth-order valence-electron chi connectivity index (χ4n) is 1.77. The number of hydrazone groups is 1. The standard InChI is InChI=1S/C16H17N3S2/c1-12-5-3-7-14(9-12)11-21-16(20)19-17-10-15-8-4-6-13(2)18-15/h3-10H,11H2,1-2H3,(H,19,20). The van der Waals surface area contributed by atoms with Gasteiger partial charge in [0, 0.05) is 11.4 Å². The molecule has 1 aromatic carbocycles. The Morgan fingerprint density at radius 1 is 1.29 bits per heavy atom. The Hall–Kier alpha value is -1.72. The van der Waals surface area contributed by atoms with Gasteiger partial charge in [-0.05, 0) is 31.5 Å². The van der Waals surface area contributed by atoms with Crippen molar-refractivity contribution in [1.29, 1.82) is 0 Å². The van der Waals surface area contributed by atoms with Gasteiger partial charge in [0.15, 0.2) is 4.32 Å². The molecule has 0 atom stereocenters. The molecule has 0 spiro atoms. The zero-order chi connectivity index (χ0) is 15.1. The molecule has 0 saturated carbocycles. The summed E-state index contributed by atoms with van der Waals surface area (Å²) < 4.78 is 0.653. The molecule has 0 bridgehead atoms. The van der Waals surface area contributed by atoms with Gasteiger partial charge in [-0.2, -0.15) is 5.10 Å². The van der Waals surface area contributed by atoms with Crippen LogP contribution >= 0.6 is 24.0 Å². The largest absolute Gasteiger partial charge is 0.262 e. The minimum Gasteiger partial charge on any atom is -0.262 e. The Morgan fingerprint density at radius 2 is 2.10 bits per heavy atom. The lowest BCUT2D eigenvalue weighted by Crippen LogP contribution is -2.11. The van der Waals surface area contributed by atoms with Gasteiger partial charge in [-0.25, -0.2) is 0 Å². The summed E-state index contributed by atoms with van der Waals surface area (Å²) in [6.07, 6.45) is 1.67. The van der Waals surface area contributed by atoms with E-state index >= 15 is 0 Å². The molecule has 0 aliphatic heterocycles. The van der Waals surface area contributed by atoms with E-state index < -0.39 is 0 Å². The molecule has 2 aromatic rings. The number of nitrogens with one attached hydrogen (secondary N) is 1. The zero-order valence-electron chi connectivity index (χ0n) is 12.0. The normalized spacial score (nSPS) is 10.8. The minimum atomic E-state index is 0.653. The van der Waals surface area contributed by atoms with Gasteiger partial charge in [-0.1, -0.05) is 59.9 Å². The smallest absolute Gasteiger partial charge is 0.154 e. The van der Waals surface area contributed by atoms with E-state index in [0.717, 1.165) is 17.1 Å². The number of thiocarbonyl (C=S) groups is 1. The average Bonchev–Trinajstić information content (AvgIpc) is 2.45. The Morgan fingerprint density at radius 3 is 2.86 bits per heavy atom. The maximum atomic E-state index is 5.24. The van der Waals surface area contributed by atoms with Crippen LogP contribution in [0.3, 0.4) is 0 Å². The molecule has 1 N–H and O–H groups in total. The second-order valence-corrected chi connectivity index (χ2v) is 6.29. The molecule has 0 amide bonds. The van der Waals surface area contributed by atoms with Crippen LogP contribution in [0.15, 0.2) is 47.6 Å². The summed E-state index contributed by atoms with van der Waals surface area (Å²) >= 11 is 6.81. The maximum absolute atomic E-state index is 5.24. The predicted octanol–water partition coefficient (Wildman–Crippen LogP) is 3.84. The number of pyridine rings is 1. The van der Waals surface area contributed by atoms with Crippen molar-refractivity contribution in [1.82, 2.24) is 10.4 Å². The van der Waals surface area contributed by atoms with Crippen molar-refractivity contribution >= 4 is 34.5 Å². The minimum absolute atomic E-state index is 0.653. The van der Waals surface area contributed by atoms with E-state index in [1.165, 1.54) is 11.1 Å². The number of nitrogens with zero attached hydrogens (tertiary/aromatic N) is 2. The van der Waals surface area contributed by atoms with E-state index in [0.29, 0.717) is 4.32 Å². The number of hydrogen-bond donors (Lipinski definition) is 1. The average molecular weight is 315 g/mol. The van der Waals surface area contributed by atoms with Crippen LogP contribution in [0.2, 0.25) is 0 Å². The van der Waals surface area contributed by atoms with Gasteiger partial charge >= 0.3 is 0 Å². The fourth-order valence-corrected chi connectivity index (χ4v) is 2.59. The highest BCUT2D eigenvalue weighted by molar-refractivity contribution is 8.22. The summed E-state index contributed by atoms with van der Waals surface area (Å²) in [6, 6.07) is 14.2. The number of benzene rings is 1. The van der Waals surface area contributed by atoms with Crippen LogP contribution in [-0.4, -0.2) is 15.5 Å². The van der Waals surface area contributed by atoms with Crippen LogP contribution < -0.4 is 5.43 Å². The fraction of sp³-hybridized carbons (Fsp3) is 0.188. The van der Waals surface area contributed by atoms with E-state index in [-0.39, 0.29) is 0 Å². The summed E-state index contributed by atoms with van der Waals surface area (Å²) in [5.41, 5.74) is 7.16. The first-order valence-electron chi connectivity index (χ1n) is 6.58. The first-order chi connectivity index (χ1) is 10.1. The Bertz CT molecular complexity index is 653. The van der Waals surface area contributed by atoms with Crippen LogP contribution in [0.25, 0.3) is 0 Å². The molecule has 3 nitrogen and oxygen atoms in total. The molecular formula is C16H17N3S2. The predicted molar refractivity (Wildman–Crippen MR) is 94.8 cm³/mol. The molecule has 0 aliphatic rings. The molecule has 0 fully saturated rings. The SMILES string of the molecule is Cc1cccc(CSC(=S)NN=Cc2cccc(C)n2)c1. The summed E-state index contributed by atoms with van der Waals surface area (Å²) in [7, 11) is 0. The van der Waals surface area contributed by atoms with Crippen molar-refractivity contribution < 1.29 is 0 Å². The van der Waals surface area contributed by atoms with Crippen LogP contribution in [0.1, 0.15) is 22.5 Å². The number of rotatable bonds is 4. The molecular weight excluding hydrogens is 298 g/mol. The van der Waals surface area contributed by atoms with Gasteiger partial charge in [0.25, 0.3) is 0 Å². The molecule has 2 rings (SSSR count). The topological polar surface area (TPSA) is 37.3 Å². The number of thioether (sulfide) groups is 1. The monoisotopic (exact) mass is 315 g/mol.